The van der Waals surface area contributed by atoms with Crippen LogP contribution in [0, 0.1) is 23.1 Å². The van der Waals surface area contributed by atoms with E-state index >= 15 is 4.39 Å². The minimum Gasteiger partial charge on any atom is -0.468 e. The van der Waals surface area contributed by atoms with E-state index in [-0.39, 0.29) is 30.5 Å². The number of amides is 2. The molecule has 1 aromatic rings. The number of hydrazone groups is 1. The maximum atomic E-state index is 15.0. The average molecular weight is 542 g/mol. The lowest BCUT2D eigenvalue weighted by atomic mass is 9.97. The highest BCUT2D eigenvalue weighted by molar-refractivity contribution is 5.87. The zero-order valence-electron chi connectivity index (χ0n) is 23.1. The van der Waals surface area contributed by atoms with Crippen molar-refractivity contribution in [2.24, 2.45) is 11.0 Å². The summed E-state index contributed by atoms with van der Waals surface area (Å²) in [5.41, 5.74) is 0.722. The fraction of sp³-hybridized carbons (Fsp3) is 0.536. The van der Waals surface area contributed by atoms with Gasteiger partial charge in [-0.15, -0.1) is 0 Å². The molecule has 2 bridgehead atoms. The molecule has 39 heavy (non-hydrogen) atoms. The summed E-state index contributed by atoms with van der Waals surface area (Å²) < 4.78 is 25.2. The third-order valence-electron chi connectivity index (χ3n) is 6.91. The van der Waals surface area contributed by atoms with Gasteiger partial charge in [0.2, 0.25) is 5.91 Å². The average Bonchev–Trinajstić information content (AvgIpc) is 3.49. The van der Waals surface area contributed by atoms with Gasteiger partial charge < -0.3 is 14.8 Å². The van der Waals surface area contributed by atoms with E-state index in [9.17, 15) is 19.6 Å². The van der Waals surface area contributed by atoms with Gasteiger partial charge in [0.15, 0.2) is 0 Å². The van der Waals surface area contributed by atoms with Crippen LogP contribution in [0.3, 0.4) is 0 Å². The number of likely N-dealkylation sites (tertiary alicyclic amines) is 1. The first-order valence-electron chi connectivity index (χ1n) is 12.9. The SMILES string of the molecule is C=NN(/C=C(\C)c1ccc(C[C@@H](C#N)NC(=O)[C@@H]2[C@H]3CC[C@H](C3)N2C(=O)OC(C)(C)C)c(F)c1)CC(=O)OC. The molecule has 210 valence electrons. The Morgan fingerprint density at radius 2 is 2.08 bits per heavy atom. The summed E-state index contributed by atoms with van der Waals surface area (Å²) >= 11 is 0. The Morgan fingerprint density at radius 1 is 1.36 bits per heavy atom. The number of allylic oxidation sites excluding steroid dienone is 1. The number of methoxy groups -OCH3 is 1. The predicted molar refractivity (Wildman–Crippen MR) is 143 cm³/mol. The number of halogens is 1. The van der Waals surface area contributed by atoms with Crippen LogP contribution in [0.15, 0.2) is 29.5 Å². The van der Waals surface area contributed by atoms with Crippen molar-refractivity contribution in [1.29, 1.82) is 5.26 Å². The maximum absolute atomic E-state index is 15.0. The van der Waals surface area contributed by atoms with Gasteiger partial charge in [-0.2, -0.15) is 10.4 Å². The van der Waals surface area contributed by atoms with Gasteiger partial charge in [0, 0.05) is 25.4 Å². The molecule has 1 saturated carbocycles. The van der Waals surface area contributed by atoms with E-state index in [1.54, 1.807) is 46.0 Å². The Bertz CT molecular complexity index is 1190. The quantitative estimate of drug-likeness (QED) is 0.288. The first-order chi connectivity index (χ1) is 18.4. The third kappa shape index (κ3) is 7.34. The van der Waals surface area contributed by atoms with Crippen LogP contribution in [0.4, 0.5) is 9.18 Å². The molecule has 0 aromatic heterocycles. The van der Waals surface area contributed by atoms with Gasteiger partial charge in [-0.25, -0.2) is 9.18 Å². The van der Waals surface area contributed by atoms with E-state index in [0.717, 1.165) is 19.3 Å². The molecule has 1 aliphatic carbocycles. The number of nitriles is 1. The van der Waals surface area contributed by atoms with Gasteiger partial charge in [-0.05, 0) is 75.6 Å². The molecule has 0 unspecified atom stereocenters. The lowest BCUT2D eigenvalue weighted by molar-refractivity contribution is -0.141. The number of rotatable bonds is 9. The summed E-state index contributed by atoms with van der Waals surface area (Å²) in [5.74, 6) is -1.48. The zero-order chi connectivity index (χ0) is 28.9. The minimum atomic E-state index is -0.991. The van der Waals surface area contributed by atoms with E-state index < -0.39 is 41.5 Å². The zero-order valence-corrected chi connectivity index (χ0v) is 23.1. The highest BCUT2D eigenvalue weighted by Gasteiger charge is 2.52. The summed E-state index contributed by atoms with van der Waals surface area (Å²) in [6.07, 6.45) is 3.31. The van der Waals surface area contributed by atoms with Gasteiger partial charge in [-0.1, -0.05) is 12.1 Å². The molecule has 1 saturated heterocycles. The van der Waals surface area contributed by atoms with E-state index in [4.69, 9.17) is 4.74 Å². The number of fused-ring (bicyclic) bond motifs is 2. The molecule has 10 nitrogen and oxygen atoms in total. The highest BCUT2D eigenvalue weighted by Crippen LogP contribution is 2.43. The van der Waals surface area contributed by atoms with Gasteiger partial charge in [-0.3, -0.25) is 19.5 Å². The Hall–Kier alpha value is -3.94. The fourth-order valence-electron chi connectivity index (χ4n) is 5.10. The first kappa shape index (κ1) is 29.6. The Morgan fingerprint density at radius 3 is 2.67 bits per heavy atom. The third-order valence-corrected chi connectivity index (χ3v) is 6.91. The number of hydrogen-bond donors (Lipinski definition) is 1. The van der Waals surface area contributed by atoms with Crippen LogP contribution < -0.4 is 5.32 Å². The number of carbonyl (C=O) groups is 3. The number of benzene rings is 1. The van der Waals surface area contributed by atoms with Crippen molar-refractivity contribution in [2.75, 3.05) is 13.7 Å². The van der Waals surface area contributed by atoms with Gasteiger partial charge >= 0.3 is 12.1 Å². The largest absolute Gasteiger partial charge is 0.468 e. The molecular formula is C28H36FN5O5. The maximum Gasteiger partial charge on any atom is 0.411 e. The van der Waals surface area contributed by atoms with Crippen molar-refractivity contribution in [2.45, 2.75) is 77.1 Å². The standard InChI is InChI=1S/C28H36FN5O5/c1-17(15-33(31-5)16-24(35)38-6)18-7-8-19(23(29)13-18)11-21(14-30)32-26(36)25-20-9-10-22(12-20)34(25)27(37)39-28(2,3)4/h7-8,13,15,20-22,25H,5,9-12,16H2,1-4,6H3,(H,32,36)/b17-15+/t20-,21-,22+,25-/m0/s1. The molecule has 1 N–H and O–H groups in total. The van der Waals surface area contributed by atoms with Crippen molar-refractivity contribution in [1.82, 2.24) is 15.2 Å². The minimum absolute atomic E-state index is 0.00329. The first-order valence-corrected chi connectivity index (χ1v) is 12.9. The number of nitrogens with one attached hydrogen (secondary N) is 1. The van der Waals surface area contributed by atoms with Gasteiger partial charge in [0.25, 0.3) is 0 Å². The monoisotopic (exact) mass is 541 g/mol. The van der Waals surface area contributed by atoms with Gasteiger partial charge in [0.1, 0.15) is 30.0 Å². The van der Waals surface area contributed by atoms with E-state index in [2.05, 4.69) is 21.9 Å². The smallest absolute Gasteiger partial charge is 0.411 e. The van der Waals surface area contributed by atoms with Gasteiger partial charge in [0.05, 0.1) is 13.2 Å². The molecule has 2 aliphatic rings. The van der Waals surface area contributed by atoms with E-state index in [1.165, 1.54) is 23.1 Å². The predicted octanol–water partition coefficient (Wildman–Crippen LogP) is 3.62. The summed E-state index contributed by atoms with van der Waals surface area (Å²) in [4.78, 5) is 39.2. The number of hydrogen-bond acceptors (Lipinski definition) is 8. The van der Waals surface area contributed by atoms with Crippen molar-refractivity contribution < 1.29 is 28.2 Å². The second-order valence-corrected chi connectivity index (χ2v) is 10.9. The summed E-state index contributed by atoms with van der Waals surface area (Å²) in [7, 11) is 1.26. The molecule has 0 spiro atoms. The number of ether oxygens (including phenoxy) is 2. The number of nitrogens with zero attached hydrogens (tertiary/aromatic N) is 4. The second-order valence-electron chi connectivity index (χ2n) is 10.9. The van der Waals surface area contributed by atoms with E-state index in [0.29, 0.717) is 11.1 Å². The topological polar surface area (TPSA) is 124 Å². The Labute approximate surface area is 228 Å². The lowest BCUT2D eigenvalue weighted by Gasteiger charge is -2.35. The summed E-state index contributed by atoms with van der Waals surface area (Å²) in [6.45, 7) is 10.3. The molecule has 0 radical (unpaired) electrons. The van der Waals surface area contributed by atoms with Crippen LogP contribution in [0.1, 0.15) is 58.1 Å². The normalized spacial score (nSPS) is 21.1. The fourth-order valence-corrected chi connectivity index (χ4v) is 5.10. The van der Waals surface area contributed by atoms with Crippen molar-refractivity contribution in [3.63, 3.8) is 0 Å². The van der Waals surface area contributed by atoms with Crippen LogP contribution in [0.5, 0.6) is 0 Å². The second kappa shape index (κ2) is 12.3. The molecule has 2 amide bonds. The van der Waals surface area contributed by atoms with Crippen molar-refractivity contribution >= 4 is 30.3 Å². The molecule has 1 heterocycles. The summed E-state index contributed by atoms with van der Waals surface area (Å²) in [6, 6.07) is 4.81. The van der Waals surface area contributed by atoms with Crippen LogP contribution in [-0.2, 0) is 25.5 Å². The molecule has 3 rings (SSSR count). The summed E-state index contributed by atoms with van der Waals surface area (Å²) in [5, 5.41) is 17.5. The number of carbonyl (C=O) groups excluding carboxylic acids is 3. The van der Waals surface area contributed by atoms with Crippen LogP contribution in [-0.4, -0.2) is 72.0 Å². The van der Waals surface area contributed by atoms with Crippen LogP contribution in [0.25, 0.3) is 5.57 Å². The number of piperidine rings is 1. The van der Waals surface area contributed by atoms with Crippen molar-refractivity contribution in [3.05, 3.63) is 41.3 Å². The molecular weight excluding hydrogens is 505 g/mol. The Balaban J connectivity index is 1.69. The molecule has 11 heteroatoms. The van der Waals surface area contributed by atoms with Crippen LogP contribution in [0.2, 0.25) is 0 Å². The van der Waals surface area contributed by atoms with Crippen molar-refractivity contribution in [3.8, 4) is 6.07 Å². The Kier molecular flexibility index (Phi) is 9.32. The molecule has 4 atom stereocenters. The number of esters is 1. The lowest BCUT2D eigenvalue weighted by Crippen LogP contribution is -2.55. The molecule has 1 aliphatic heterocycles. The van der Waals surface area contributed by atoms with Crippen LogP contribution >= 0.6 is 0 Å². The highest BCUT2D eigenvalue weighted by atomic mass is 19.1. The molecule has 1 aromatic carbocycles. The van der Waals surface area contributed by atoms with E-state index in [1.807, 2.05) is 6.07 Å². The molecule has 2 fully saturated rings.